The van der Waals surface area contributed by atoms with Gasteiger partial charge in [0.15, 0.2) is 10.8 Å². The maximum absolute atomic E-state index is 12.7. The van der Waals surface area contributed by atoms with Crippen LogP contribution in [0.5, 0.6) is 0 Å². The highest BCUT2D eigenvalue weighted by Gasteiger charge is 2.17. The Hall–Kier alpha value is -1.88. The van der Waals surface area contributed by atoms with Gasteiger partial charge in [-0.05, 0) is 24.3 Å². The van der Waals surface area contributed by atoms with Gasteiger partial charge in [-0.1, -0.05) is 11.6 Å². The largest absolute Gasteiger partial charge is 0.476 e. The monoisotopic (exact) mass is 240 g/mol. The first-order valence-corrected chi connectivity index (χ1v) is 4.69. The van der Waals surface area contributed by atoms with Crippen molar-refractivity contribution in [2.45, 2.75) is 0 Å². The average molecular weight is 241 g/mol. The van der Waals surface area contributed by atoms with Gasteiger partial charge in [0.05, 0.1) is 0 Å². The summed E-state index contributed by atoms with van der Waals surface area (Å²) in [5.41, 5.74) is 0.339. The zero-order valence-electron chi connectivity index (χ0n) is 7.89. The van der Waals surface area contributed by atoms with Crippen molar-refractivity contribution in [3.63, 3.8) is 0 Å². The Bertz CT molecular complexity index is 536. The van der Waals surface area contributed by atoms with Crippen LogP contribution in [0.3, 0.4) is 0 Å². The van der Waals surface area contributed by atoms with E-state index in [1.54, 1.807) is 0 Å². The van der Waals surface area contributed by atoms with E-state index in [0.717, 1.165) is 0 Å². The van der Waals surface area contributed by atoms with Gasteiger partial charge in [0, 0.05) is 5.69 Å². The number of imidazole rings is 1. The molecule has 0 spiro atoms. The molecule has 0 radical (unpaired) electrons. The van der Waals surface area contributed by atoms with Crippen LogP contribution in [0.1, 0.15) is 10.5 Å². The molecule has 0 saturated carbocycles. The van der Waals surface area contributed by atoms with Gasteiger partial charge >= 0.3 is 5.97 Å². The lowest BCUT2D eigenvalue weighted by Gasteiger charge is -2.04. The van der Waals surface area contributed by atoms with Gasteiger partial charge in [-0.25, -0.2) is 14.2 Å². The molecule has 1 aromatic heterocycles. The zero-order valence-corrected chi connectivity index (χ0v) is 8.65. The number of carboxylic acids is 1. The molecule has 0 aliphatic carbocycles. The molecule has 0 bridgehead atoms. The lowest BCUT2D eigenvalue weighted by molar-refractivity contribution is 0.0688. The molecule has 1 N–H and O–H groups in total. The molecule has 0 saturated heterocycles. The normalized spacial score (nSPS) is 10.4. The molecule has 0 aliphatic heterocycles. The van der Waals surface area contributed by atoms with Gasteiger partial charge in [0.1, 0.15) is 12.1 Å². The molecule has 0 aliphatic rings. The van der Waals surface area contributed by atoms with E-state index in [9.17, 15) is 9.18 Å². The molecule has 4 nitrogen and oxygen atoms in total. The minimum Gasteiger partial charge on any atom is -0.476 e. The average Bonchev–Trinajstić information content (AvgIpc) is 2.61. The van der Waals surface area contributed by atoms with Crippen LogP contribution in [-0.2, 0) is 0 Å². The van der Waals surface area contributed by atoms with Crippen LogP contribution < -0.4 is 0 Å². The number of aromatic nitrogens is 2. The van der Waals surface area contributed by atoms with Crippen LogP contribution in [0.2, 0.25) is 5.15 Å². The van der Waals surface area contributed by atoms with Crippen LogP contribution in [0.4, 0.5) is 4.39 Å². The first-order chi connectivity index (χ1) is 7.59. The van der Waals surface area contributed by atoms with Crippen molar-refractivity contribution >= 4 is 17.6 Å². The smallest absolute Gasteiger partial charge is 0.356 e. The standard InChI is InChI=1S/C10H6ClFN2O2/c11-9-8(10(15)16)14(5-13-9)7-3-1-6(12)2-4-7/h1-5H,(H,15,16). The van der Waals surface area contributed by atoms with Crippen LogP contribution in [0, 0.1) is 5.82 Å². The Labute approximate surface area is 94.9 Å². The molecule has 16 heavy (non-hydrogen) atoms. The zero-order chi connectivity index (χ0) is 11.7. The third-order valence-corrected chi connectivity index (χ3v) is 2.31. The number of halogens is 2. The van der Waals surface area contributed by atoms with Crippen molar-refractivity contribution in [3.8, 4) is 5.69 Å². The lowest BCUT2D eigenvalue weighted by atomic mass is 10.3. The first kappa shape index (κ1) is 10.6. The molecular formula is C10H6ClFN2O2. The molecule has 0 fully saturated rings. The van der Waals surface area contributed by atoms with Crippen LogP contribution in [0.15, 0.2) is 30.6 Å². The second kappa shape index (κ2) is 3.94. The minimum atomic E-state index is -1.19. The van der Waals surface area contributed by atoms with E-state index in [4.69, 9.17) is 16.7 Å². The number of hydrogen-bond acceptors (Lipinski definition) is 2. The van der Waals surface area contributed by atoms with Crippen molar-refractivity contribution in [1.82, 2.24) is 9.55 Å². The Morgan fingerprint density at radius 2 is 2.00 bits per heavy atom. The van der Waals surface area contributed by atoms with Crippen LogP contribution >= 0.6 is 11.6 Å². The van der Waals surface area contributed by atoms with Gasteiger partial charge < -0.3 is 5.11 Å². The van der Waals surface area contributed by atoms with Crippen LogP contribution in [0.25, 0.3) is 5.69 Å². The summed E-state index contributed by atoms with van der Waals surface area (Å²) in [6, 6.07) is 5.35. The Balaban J connectivity index is 2.56. The maximum atomic E-state index is 12.7. The van der Waals surface area contributed by atoms with Crippen molar-refractivity contribution in [3.05, 3.63) is 47.3 Å². The lowest BCUT2D eigenvalue weighted by Crippen LogP contribution is -2.06. The Morgan fingerprint density at radius 3 is 2.56 bits per heavy atom. The molecule has 2 rings (SSSR count). The fourth-order valence-electron chi connectivity index (χ4n) is 1.32. The number of carbonyl (C=O) groups is 1. The van der Waals surface area contributed by atoms with Crippen molar-refractivity contribution < 1.29 is 14.3 Å². The number of aromatic carboxylic acids is 1. The van der Waals surface area contributed by atoms with Gasteiger partial charge in [-0.15, -0.1) is 0 Å². The van der Waals surface area contributed by atoms with E-state index in [1.165, 1.54) is 35.2 Å². The summed E-state index contributed by atoms with van der Waals surface area (Å²) in [5.74, 6) is -1.58. The molecule has 2 aromatic rings. The molecule has 1 heterocycles. The predicted octanol–water partition coefficient (Wildman–Crippen LogP) is 2.36. The fourth-order valence-corrected chi connectivity index (χ4v) is 1.53. The van der Waals surface area contributed by atoms with E-state index in [2.05, 4.69) is 4.98 Å². The first-order valence-electron chi connectivity index (χ1n) is 4.31. The highest BCUT2D eigenvalue weighted by Crippen LogP contribution is 2.18. The minimum absolute atomic E-state index is 0.100. The SMILES string of the molecule is O=C(O)c1c(Cl)ncn1-c1ccc(F)cc1. The number of rotatable bonds is 2. The summed E-state index contributed by atoms with van der Waals surface area (Å²) in [6.07, 6.45) is 1.28. The molecule has 1 aromatic carbocycles. The third kappa shape index (κ3) is 1.77. The van der Waals surface area contributed by atoms with Gasteiger partial charge in [0.25, 0.3) is 0 Å². The fraction of sp³-hybridized carbons (Fsp3) is 0. The Morgan fingerprint density at radius 1 is 1.38 bits per heavy atom. The molecule has 82 valence electrons. The number of hydrogen-bond donors (Lipinski definition) is 1. The highest BCUT2D eigenvalue weighted by molar-refractivity contribution is 6.32. The van der Waals surface area contributed by atoms with Gasteiger partial charge in [-0.3, -0.25) is 4.57 Å². The molecule has 0 amide bonds. The van der Waals surface area contributed by atoms with Gasteiger partial charge in [-0.2, -0.15) is 0 Å². The summed E-state index contributed by atoms with van der Waals surface area (Å²) in [7, 11) is 0. The number of nitrogens with zero attached hydrogens (tertiary/aromatic N) is 2. The van der Waals surface area contributed by atoms with E-state index in [1.807, 2.05) is 0 Å². The topological polar surface area (TPSA) is 55.1 Å². The van der Waals surface area contributed by atoms with E-state index >= 15 is 0 Å². The second-order valence-corrected chi connectivity index (χ2v) is 3.39. The second-order valence-electron chi connectivity index (χ2n) is 3.04. The molecule has 0 unspecified atom stereocenters. The van der Waals surface area contributed by atoms with E-state index < -0.39 is 11.8 Å². The van der Waals surface area contributed by atoms with Crippen molar-refractivity contribution in [2.75, 3.05) is 0 Å². The van der Waals surface area contributed by atoms with E-state index in [0.29, 0.717) is 5.69 Å². The molecular weight excluding hydrogens is 235 g/mol. The quantitative estimate of drug-likeness (QED) is 0.877. The summed E-state index contributed by atoms with van der Waals surface area (Å²) < 4.78 is 14.0. The molecule has 0 atom stereocenters. The molecule has 6 heteroatoms. The van der Waals surface area contributed by atoms with E-state index in [-0.39, 0.29) is 10.8 Å². The summed E-state index contributed by atoms with van der Waals surface area (Å²) >= 11 is 5.63. The summed E-state index contributed by atoms with van der Waals surface area (Å²) in [5, 5.41) is 8.83. The number of carboxylic acid groups (broad SMARTS) is 1. The van der Waals surface area contributed by atoms with Crippen molar-refractivity contribution in [1.29, 1.82) is 0 Å². The maximum Gasteiger partial charge on any atom is 0.356 e. The highest BCUT2D eigenvalue weighted by atomic mass is 35.5. The number of benzene rings is 1. The van der Waals surface area contributed by atoms with Crippen molar-refractivity contribution in [2.24, 2.45) is 0 Å². The Kier molecular flexibility index (Phi) is 2.62. The van der Waals surface area contributed by atoms with Gasteiger partial charge in [0.2, 0.25) is 0 Å². The summed E-state index contributed by atoms with van der Waals surface area (Å²) in [6.45, 7) is 0. The predicted molar refractivity (Wildman–Crippen MR) is 55.5 cm³/mol. The summed E-state index contributed by atoms with van der Waals surface area (Å²) in [4.78, 5) is 14.6. The van der Waals surface area contributed by atoms with Crippen LogP contribution in [-0.4, -0.2) is 20.6 Å². The third-order valence-electron chi connectivity index (χ3n) is 2.03.